The summed E-state index contributed by atoms with van der Waals surface area (Å²) in [7, 11) is 0. The summed E-state index contributed by atoms with van der Waals surface area (Å²) < 4.78 is 731. The van der Waals surface area contributed by atoms with Gasteiger partial charge in [0.1, 0.15) is 0 Å². The molecular weight excluding hydrogens is 1810 g/mol. The van der Waals surface area contributed by atoms with Crippen molar-refractivity contribution < 1.29 is 248 Å². The molecule has 5 nitrogen and oxygen atoms in total. The molecule has 1 N–H and O–H groups in total. The van der Waals surface area contributed by atoms with Crippen LogP contribution in [0.4, 0.5) is 224 Å². The van der Waals surface area contributed by atoms with Crippen LogP contribution >= 0.6 is 0 Å². The van der Waals surface area contributed by atoms with Gasteiger partial charge in [0, 0.05) is 24.8 Å². The summed E-state index contributed by atoms with van der Waals surface area (Å²) in [6.07, 6.45) is -48.5. The number of carboxylic acids is 1. The molecule has 0 aromatic heterocycles. The van der Waals surface area contributed by atoms with E-state index in [0.717, 1.165) is 0 Å². The van der Waals surface area contributed by atoms with Gasteiger partial charge in [-0.05, 0) is 108 Å². The Labute approximate surface area is 626 Å². The highest BCUT2D eigenvalue weighted by Crippen LogP contribution is 2.69. The highest BCUT2D eigenvalue weighted by Gasteiger charge is 2.99. The van der Waals surface area contributed by atoms with Crippen molar-refractivity contribution in [1.29, 1.82) is 0 Å². The lowest BCUT2D eigenvalue weighted by atomic mass is 9.88. The summed E-state index contributed by atoms with van der Waals surface area (Å²) in [6.45, 7) is -5.63. The first-order chi connectivity index (χ1) is 52.8. The van der Waals surface area contributed by atoms with E-state index in [9.17, 15) is 216 Å². The van der Waals surface area contributed by atoms with Crippen LogP contribution < -0.4 is 14.2 Å². The van der Waals surface area contributed by atoms with Gasteiger partial charge in [-0.3, -0.25) is 0 Å². The number of carbonyl (C=O) groups is 1. The predicted molar refractivity (Wildman–Crippen MR) is 300 cm³/mol. The van der Waals surface area contributed by atoms with Crippen molar-refractivity contribution in [3.8, 4) is 17.2 Å². The van der Waals surface area contributed by atoms with Crippen molar-refractivity contribution in [2.75, 3.05) is 19.8 Å². The zero-order chi connectivity index (χ0) is 93.0. The summed E-state index contributed by atoms with van der Waals surface area (Å²) >= 11 is 0. The summed E-state index contributed by atoms with van der Waals surface area (Å²) in [5, 5.41) is 14.0. The number of alkyl halides is 51. The zero-order valence-electron chi connectivity index (χ0n) is 56.9. The van der Waals surface area contributed by atoms with Gasteiger partial charge in [-0.25, -0.2) is 4.79 Å². The van der Waals surface area contributed by atoms with Gasteiger partial charge in [-0.15, -0.1) is 0 Å². The first-order valence-electron chi connectivity index (χ1n) is 31.9. The number of rotatable bonds is 42. The Morgan fingerprint density at radius 2 is 0.529 bits per heavy atom. The largest absolute Gasteiger partial charge is 0.490 e. The molecular formula is C63H43F51O5. The molecule has 0 amide bonds. The lowest BCUT2D eigenvalue weighted by Gasteiger charge is -2.42. The van der Waals surface area contributed by atoms with Gasteiger partial charge >= 0.3 is 149 Å². The quantitative estimate of drug-likeness (QED) is 0.0240. The molecule has 56 heteroatoms. The van der Waals surface area contributed by atoms with Crippen LogP contribution in [0.5, 0.6) is 17.2 Å². The Kier molecular flexibility index (Phi) is 27.1. The average Bonchev–Trinajstić information content (AvgIpc) is 0.702. The number of hydrogen-bond acceptors (Lipinski definition) is 4. The maximum Gasteiger partial charge on any atom is 0.460 e. The minimum atomic E-state index is -9.16. The third-order valence-corrected chi connectivity index (χ3v) is 18.0. The topological polar surface area (TPSA) is 65.0 Å². The Bertz CT molecular complexity index is 4340. The second kappa shape index (κ2) is 31.6. The number of ether oxygens (including phenoxy) is 3. The van der Waals surface area contributed by atoms with E-state index >= 15 is 17.6 Å². The second-order valence-corrected chi connectivity index (χ2v) is 26.0. The molecule has 119 heavy (non-hydrogen) atoms. The molecule has 0 bridgehead atoms. The summed E-state index contributed by atoms with van der Waals surface area (Å²) in [5.74, 6) is -189. The number of carboxylic acid groups (broad SMARTS) is 1. The highest BCUT2D eigenvalue weighted by molar-refractivity contribution is 6.23. The Hall–Kier alpha value is -7.56. The summed E-state index contributed by atoms with van der Waals surface area (Å²) in [6, 6.07) is 14.5. The van der Waals surface area contributed by atoms with Gasteiger partial charge in [0.2, 0.25) is 5.75 Å². The van der Waals surface area contributed by atoms with Crippen LogP contribution in [0.25, 0.3) is 32.3 Å². The molecule has 0 aliphatic rings. The van der Waals surface area contributed by atoms with E-state index in [-0.39, 0.29) is 18.9 Å². The van der Waals surface area contributed by atoms with Gasteiger partial charge in [0.15, 0.2) is 11.5 Å². The van der Waals surface area contributed by atoms with Crippen LogP contribution in [-0.4, -0.2) is 174 Å². The summed E-state index contributed by atoms with van der Waals surface area (Å²) in [4.78, 5) is 13.1. The van der Waals surface area contributed by atoms with Crippen LogP contribution in [0.2, 0.25) is 0 Å². The number of aromatic carboxylic acids is 1. The van der Waals surface area contributed by atoms with E-state index in [1.807, 2.05) is 0 Å². The van der Waals surface area contributed by atoms with Crippen LogP contribution in [-0.2, 0) is 12.8 Å². The predicted octanol–water partition coefficient (Wildman–Crippen LogP) is 26.5. The van der Waals surface area contributed by atoms with E-state index in [0.29, 0.717) is 37.9 Å². The smallest absolute Gasteiger partial charge is 0.460 e. The number of unbranched alkanes of at least 4 members (excludes halogenated alkanes) is 4. The van der Waals surface area contributed by atoms with Gasteiger partial charge in [-0.1, -0.05) is 54.6 Å². The molecule has 0 unspecified atom stereocenters. The fraction of sp³-hybridized carbons (Fsp3) is 0.635. The van der Waals surface area contributed by atoms with Gasteiger partial charge in [-0.2, -0.15) is 224 Å². The lowest BCUT2D eigenvalue weighted by Crippen LogP contribution is -2.74. The van der Waals surface area contributed by atoms with Gasteiger partial charge in [0.05, 0.1) is 25.4 Å². The molecule has 5 aromatic rings. The van der Waals surface area contributed by atoms with E-state index in [4.69, 9.17) is 14.2 Å². The number of halogens is 51. The lowest BCUT2D eigenvalue weighted by molar-refractivity contribution is -0.461. The molecule has 0 fully saturated rings. The monoisotopic (exact) mass is 1850 g/mol. The normalized spacial score (nSPS) is 15.5. The molecule has 0 aliphatic heterocycles. The molecule has 0 aliphatic carbocycles. The third-order valence-electron chi connectivity index (χ3n) is 18.0. The first kappa shape index (κ1) is 102. The van der Waals surface area contributed by atoms with Crippen molar-refractivity contribution in [1.82, 2.24) is 0 Å². The van der Waals surface area contributed by atoms with E-state index in [1.165, 1.54) is 6.07 Å². The third kappa shape index (κ3) is 16.1. The van der Waals surface area contributed by atoms with Crippen LogP contribution in [0.15, 0.2) is 60.7 Å². The number of hydrogen-bond donors (Lipinski definition) is 1. The SMILES string of the molecule is O=C(O)c1cc(OCCCCC(F)(F)C(F)(F)C(F)(F)C(F)(F)C(F)(F)C(F)(F)C(F)(F)C(F)(F)F)c(OCCCCC(F)(F)C(F)(F)C(F)(F)C(F)(F)C(F)(F)C(F)(F)C(F)(F)C(F)(F)F)c(OCCCCC(F)(F)C(F)(F)C(F)(F)C(F)(F)C(F)(F)C(F)(F)C(F)(F)C(F)(F)F)c1CCCCc1ccc2ccc3cccc4ccc1c2c34. The molecule has 0 saturated heterocycles. The molecule has 0 atom stereocenters. The molecule has 5 aromatic carbocycles. The maximum atomic E-state index is 15.1. The van der Waals surface area contributed by atoms with Crippen LogP contribution in [0.1, 0.15) is 92.1 Å². The maximum absolute atomic E-state index is 15.1. The second-order valence-electron chi connectivity index (χ2n) is 26.0. The Morgan fingerprint density at radius 1 is 0.269 bits per heavy atom. The minimum Gasteiger partial charge on any atom is -0.490 e. The van der Waals surface area contributed by atoms with Crippen molar-refractivity contribution in [3.63, 3.8) is 0 Å². The molecule has 0 radical (unpaired) electrons. The molecule has 0 saturated carbocycles. The Morgan fingerprint density at radius 3 is 0.840 bits per heavy atom. The van der Waals surface area contributed by atoms with E-state index < -0.39 is 268 Å². The summed E-state index contributed by atoms with van der Waals surface area (Å²) in [5.41, 5.74) is -2.18. The highest BCUT2D eigenvalue weighted by atomic mass is 19.5. The van der Waals surface area contributed by atoms with Crippen molar-refractivity contribution in [2.24, 2.45) is 0 Å². The van der Waals surface area contributed by atoms with Crippen LogP contribution in [0, 0.1) is 0 Å². The fourth-order valence-corrected chi connectivity index (χ4v) is 11.1. The molecule has 682 valence electrons. The Balaban J connectivity index is 1.62. The van der Waals surface area contributed by atoms with Gasteiger partial charge in [0.25, 0.3) is 0 Å². The van der Waals surface area contributed by atoms with Crippen molar-refractivity contribution >= 4 is 38.3 Å². The van der Waals surface area contributed by atoms with Crippen molar-refractivity contribution in [3.05, 3.63) is 77.4 Å². The number of aryl methyl sites for hydroxylation is 1. The van der Waals surface area contributed by atoms with E-state index in [2.05, 4.69) is 0 Å². The first-order valence-corrected chi connectivity index (χ1v) is 31.9. The van der Waals surface area contributed by atoms with Gasteiger partial charge < -0.3 is 19.3 Å². The number of benzene rings is 5. The fourth-order valence-electron chi connectivity index (χ4n) is 11.1. The van der Waals surface area contributed by atoms with Crippen molar-refractivity contribution in [2.45, 2.75) is 226 Å². The van der Waals surface area contributed by atoms with Crippen LogP contribution in [0.3, 0.4) is 0 Å². The average molecular weight is 1850 g/mol. The molecule has 0 heterocycles. The molecule has 5 rings (SSSR count). The minimum absolute atomic E-state index is 0.00642. The zero-order valence-corrected chi connectivity index (χ0v) is 56.9. The molecule has 0 spiro atoms. The van der Waals surface area contributed by atoms with E-state index in [1.54, 1.807) is 48.5 Å². The standard InChI is InChI=1S/C63H43F51O5/c64-40(65,43(70,71)46(76,77)49(82,83)52(88,89)55(94,95)58(100,101)61(106,107)108)20-3-6-23-117-34-26-33(39(115)116)32(13-2-1-10-27-14-15-30-17-16-28-11-9-12-29-18-19-31(27)36(30)35(28)29)37(118-24-7-4-21-41(66,67)44(72,73)47(78,79)50(84,85)53(90,91)56(96,97)59(102,103)62(109,110)111)38(34)119-25-8-5-22-42(68,69)45(74,75)48(80,81)51(86,87)54(92,93)57(98,99)60(104,105)63(112,113)114/h9,11-12,14-19,26H,1-8,10,13,20-25H2,(H,115,116).